The number of fused-ring (bicyclic) bond motifs is 1. The monoisotopic (exact) mass is 381 g/mol. The Kier molecular flexibility index (Phi) is 4.87. The molecule has 0 saturated carbocycles. The Morgan fingerprint density at radius 3 is 2.43 bits per heavy atom. The minimum atomic E-state index is 0.0780. The summed E-state index contributed by atoms with van der Waals surface area (Å²) in [5.41, 5.74) is 2.14. The highest BCUT2D eigenvalue weighted by atomic mass is 16.5. The number of hydrogen-bond acceptors (Lipinski definition) is 5. The van der Waals surface area contributed by atoms with E-state index in [1.165, 1.54) is 0 Å². The van der Waals surface area contributed by atoms with Gasteiger partial charge in [-0.1, -0.05) is 12.1 Å². The van der Waals surface area contributed by atoms with E-state index in [4.69, 9.17) is 14.5 Å². The van der Waals surface area contributed by atoms with Crippen molar-refractivity contribution < 1.29 is 14.3 Å². The lowest BCUT2D eigenvalue weighted by molar-refractivity contribution is -0.130. The van der Waals surface area contributed by atoms with Crippen LogP contribution in [0.4, 0.5) is 5.82 Å². The number of ether oxygens (including phenoxy) is 2. The summed E-state index contributed by atoms with van der Waals surface area (Å²) in [6.45, 7) is 6.19. The van der Waals surface area contributed by atoms with Crippen LogP contribution in [0.3, 0.4) is 0 Å². The Morgan fingerprint density at radius 1 is 1.04 bits per heavy atom. The number of pyridine rings is 1. The van der Waals surface area contributed by atoms with Crippen molar-refractivity contribution in [1.29, 1.82) is 0 Å². The van der Waals surface area contributed by atoms with Gasteiger partial charge in [0.15, 0.2) is 11.6 Å². The van der Waals surface area contributed by atoms with E-state index in [2.05, 4.69) is 17.0 Å². The second-order valence-electron chi connectivity index (χ2n) is 7.70. The Hall–Kier alpha value is -2.76. The molecule has 4 rings (SSSR count). The molecule has 0 spiro atoms. The number of methoxy groups -OCH3 is 2. The lowest BCUT2D eigenvalue weighted by atomic mass is 9.89. The molecule has 2 saturated heterocycles. The minimum absolute atomic E-state index is 0.0780. The van der Waals surface area contributed by atoms with Crippen LogP contribution in [0.1, 0.15) is 24.2 Å². The zero-order valence-electron chi connectivity index (χ0n) is 16.9. The number of rotatable bonds is 4. The summed E-state index contributed by atoms with van der Waals surface area (Å²) in [7, 11) is 3.35. The fraction of sp³-hybridized carbons (Fsp3) is 0.455. The molecule has 28 heavy (non-hydrogen) atoms. The SMILES string of the molecule is COc1ccc([C@H]2[C@@H]3CN(c4nc(C)ccc4OC)C[C@@H]3CN2C(C)=O)cc1. The zero-order valence-corrected chi connectivity index (χ0v) is 16.9. The van der Waals surface area contributed by atoms with Crippen molar-refractivity contribution in [2.75, 3.05) is 38.8 Å². The maximum absolute atomic E-state index is 12.3. The minimum Gasteiger partial charge on any atom is -0.497 e. The number of anilines is 1. The smallest absolute Gasteiger partial charge is 0.219 e. The number of aromatic nitrogens is 1. The number of carbonyl (C=O) groups is 1. The van der Waals surface area contributed by atoms with Crippen LogP contribution in [-0.4, -0.2) is 49.6 Å². The Labute approximate surface area is 166 Å². The van der Waals surface area contributed by atoms with E-state index in [9.17, 15) is 4.79 Å². The highest BCUT2D eigenvalue weighted by molar-refractivity contribution is 5.74. The molecule has 6 heteroatoms. The molecule has 2 aliphatic heterocycles. The van der Waals surface area contributed by atoms with Gasteiger partial charge in [0.25, 0.3) is 0 Å². The van der Waals surface area contributed by atoms with E-state index >= 15 is 0 Å². The van der Waals surface area contributed by atoms with Gasteiger partial charge in [-0.05, 0) is 36.8 Å². The van der Waals surface area contributed by atoms with E-state index < -0.39 is 0 Å². The van der Waals surface area contributed by atoms with Crippen LogP contribution >= 0.6 is 0 Å². The fourth-order valence-corrected chi connectivity index (χ4v) is 4.69. The van der Waals surface area contributed by atoms with Crippen molar-refractivity contribution in [3.8, 4) is 11.5 Å². The molecule has 0 N–H and O–H groups in total. The maximum atomic E-state index is 12.3. The molecule has 3 atom stereocenters. The first kappa shape index (κ1) is 18.6. The van der Waals surface area contributed by atoms with Crippen molar-refractivity contribution in [1.82, 2.24) is 9.88 Å². The Balaban J connectivity index is 1.64. The summed E-state index contributed by atoms with van der Waals surface area (Å²) < 4.78 is 10.8. The topological polar surface area (TPSA) is 54.9 Å². The average molecular weight is 381 g/mol. The van der Waals surface area contributed by atoms with E-state index in [-0.39, 0.29) is 11.9 Å². The third kappa shape index (κ3) is 3.17. The van der Waals surface area contributed by atoms with Crippen molar-refractivity contribution in [3.05, 3.63) is 47.7 Å². The summed E-state index contributed by atoms with van der Waals surface area (Å²) >= 11 is 0. The van der Waals surface area contributed by atoms with Gasteiger partial charge in [0.1, 0.15) is 5.75 Å². The summed E-state index contributed by atoms with van der Waals surface area (Å²) in [4.78, 5) is 21.4. The average Bonchev–Trinajstić information content (AvgIpc) is 3.26. The molecular formula is C22H27N3O3. The summed E-state index contributed by atoms with van der Waals surface area (Å²) in [5, 5.41) is 0. The Bertz CT molecular complexity index is 868. The van der Waals surface area contributed by atoms with Gasteiger partial charge in [-0.3, -0.25) is 4.79 Å². The van der Waals surface area contributed by atoms with Crippen LogP contribution in [0, 0.1) is 18.8 Å². The molecule has 0 unspecified atom stereocenters. The first-order valence-corrected chi connectivity index (χ1v) is 9.69. The quantitative estimate of drug-likeness (QED) is 0.815. The molecule has 6 nitrogen and oxygen atoms in total. The second kappa shape index (κ2) is 7.34. The summed E-state index contributed by atoms with van der Waals surface area (Å²) in [5.74, 6) is 3.45. The molecule has 1 amide bonds. The molecular weight excluding hydrogens is 354 g/mol. The highest BCUT2D eigenvalue weighted by Gasteiger charge is 2.49. The molecule has 0 bridgehead atoms. The predicted octanol–water partition coefficient (Wildman–Crippen LogP) is 3.06. The van der Waals surface area contributed by atoms with Gasteiger partial charge in [-0.15, -0.1) is 0 Å². The van der Waals surface area contributed by atoms with Gasteiger partial charge in [0.05, 0.1) is 20.3 Å². The lowest BCUT2D eigenvalue weighted by Gasteiger charge is -2.30. The van der Waals surface area contributed by atoms with Crippen LogP contribution in [0.15, 0.2) is 36.4 Å². The van der Waals surface area contributed by atoms with Gasteiger partial charge in [-0.25, -0.2) is 4.98 Å². The number of carbonyl (C=O) groups excluding carboxylic acids is 1. The molecule has 2 aromatic rings. The van der Waals surface area contributed by atoms with Crippen LogP contribution in [0.25, 0.3) is 0 Å². The van der Waals surface area contributed by atoms with E-state index in [1.54, 1.807) is 21.1 Å². The third-order valence-corrected chi connectivity index (χ3v) is 6.02. The van der Waals surface area contributed by atoms with Gasteiger partial charge >= 0.3 is 0 Å². The van der Waals surface area contributed by atoms with Crippen molar-refractivity contribution in [3.63, 3.8) is 0 Å². The van der Waals surface area contributed by atoms with Crippen molar-refractivity contribution in [2.24, 2.45) is 11.8 Å². The highest BCUT2D eigenvalue weighted by Crippen LogP contribution is 2.47. The standard InChI is InChI=1S/C22H27N3O3/c1-14-5-10-20(28-4)22(23-14)24-11-17-12-25(15(2)26)21(19(17)13-24)16-6-8-18(27-3)9-7-16/h5-10,17,19,21H,11-13H2,1-4H3/t17-,19-,21+/m1/s1. The van der Waals surface area contributed by atoms with E-state index in [0.717, 1.165) is 48.2 Å². The number of aryl methyl sites for hydroxylation is 1. The molecule has 2 aliphatic rings. The normalized spacial score (nSPS) is 23.6. The van der Waals surface area contributed by atoms with Crippen LogP contribution < -0.4 is 14.4 Å². The largest absolute Gasteiger partial charge is 0.497 e. The number of hydrogen-bond donors (Lipinski definition) is 0. The van der Waals surface area contributed by atoms with Gasteiger partial charge < -0.3 is 19.3 Å². The van der Waals surface area contributed by atoms with Crippen molar-refractivity contribution >= 4 is 11.7 Å². The third-order valence-electron chi connectivity index (χ3n) is 6.02. The maximum Gasteiger partial charge on any atom is 0.219 e. The number of amides is 1. The first-order chi connectivity index (χ1) is 13.5. The second-order valence-corrected chi connectivity index (χ2v) is 7.70. The molecule has 3 heterocycles. The van der Waals surface area contributed by atoms with Crippen molar-refractivity contribution in [2.45, 2.75) is 19.9 Å². The molecule has 148 valence electrons. The molecule has 1 aromatic heterocycles. The van der Waals surface area contributed by atoms with Crippen LogP contribution in [0.2, 0.25) is 0 Å². The summed E-state index contributed by atoms with van der Waals surface area (Å²) in [6, 6.07) is 12.1. The number of nitrogens with zero attached hydrogens (tertiary/aromatic N) is 3. The van der Waals surface area contributed by atoms with Crippen LogP contribution in [-0.2, 0) is 4.79 Å². The molecule has 0 radical (unpaired) electrons. The fourth-order valence-electron chi connectivity index (χ4n) is 4.69. The predicted molar refractivity (Wildman–Crippen MR) is 108 cm³/mol. The van der Waals surface area contributed by atoms with Gasteiger partial charge in [0, 0.05) is 44.1 Å². The van der Waals surface area contributed by atoms with Gasteiger partial charge in [-0.2, -0.15) is 0 Å². The van der Waals surface area contributed by atoms with Crippen LogP contribution in [0.5, 0.6) is 11.5 Å². The first-order valence-electron chi connectivity index (χ1n) is 9.69. The summed E-state index contributed by atoms with van der Waals surface area (Å²) in [6.07, 6.45) is 0. The van der Waals surface area contributed by atoms with Gasteiger partial charge in [0.2, 0.25) is 5.91 Å². The number of likely N-dealkylation sites (tertiary alicyclic amines) is 1. The lowest BCUT2D eigenvalue weighted by Crippen LogP contribution is -2.34. The number of benzene rings is 1. The van der Waals surface area contributed by atoms with E-state index in [0.29, 0.717) is 11.8 Å². The molecule has 0 aliphatic carbocycles. The molecule has 2 fully saturated rings. The molecule has 1 aromatic carbocycles. The zero-order chi connectivity index (χ0) is 19.8. The Morgan fingerprint density at radius 2 is 1.79 bits per heavy atom. The van der Waals surface area contributed by atoms with E-state index in [1.807, 2.05) is 36.1 Å².